The van der Waals surface area contributed by atoms with E-state index in [2.05, 4.69) is 25.2 Å². The molecule has 0 aromatic carbocycles. The van der Waals surface area contributed by atoms with Crippen LogP contribution in [0.2, 0.25) is 0 Å². The summed E-state index contributed by atoms with van der Waals surface area (Å²) in [4.78, 5) is 39.5. The minimum Gasteiger partial charge on any atom is -0.353 e. The van der Waals surface area contributed by atoms with Gasteiger partial charge < -0.3 is 10.2 Å². The van der Waals surface area contributed by atoms with Crippen LogP contribution < -0.4 is 15.8 Å². The van der Waals surface area contributed by atoms with Crippen LogP contribution in [0.1, 0.15) is 12.8 Å². The molecule has 1 saturated heterocycles. The van der Waals surface area contributed by atoms with Crippen LogP contribution in [0.25, 0.3) is 10.2 Å². The molecule has 0 unspecified atom stereocenters. The van der Waals surface area contributed by atoms with Gasteiger partial charge in [0, 0.05) is 31.5 Å². The Bertz CT molecular complexity index is 970. The van der Waals surface area contributed by atoms with E-state index in [1.807, 2.05) is 5.38 Å². The molecule has 134 valence electrons. The van der Waals surface area contributed by atoms with Gasteiger partial charge in [-0.05, 0) is 24.3 Å². The van der Waals surface area contributed by atoms with Gasteiger partial charge in [-0.2, -0.15) is 0 Å². The Balaban J connectivity index is 1.41. The first-order chi connectivity index (χ1) is 12.7. The molecule has 1 atom stereocenters. The highest BCUT2D eigenvalue weighted by Gasteiger charge is 2.22. The van der Waals surface area contributed by atoms with Gasteiger partial charge in [0.05, 0.1) is 18.0 Å². The van der Waals surface area contributed by atoms with Crippen molar-refractivity contribution in [3.63, 3.8) is 0 Å². The first kappa shape index (κ1) is 16.6. The number of nitrogens with one attached hydrogen (secondary N) is 1. The van der Waals surface area contributed by atoms with E-state index in [4.69, 9.17) is 0 Å². The van der Waals surface area contributed by atoms with Crippen molar-refractivity contribution < 1.29 is 4.79 Å². The second-order valence-corrected chi connectivity index (χ2v) is 7.14. The van der Waals surface area contributed by atoms with Crippen LogP contribution in [0.3, 0.4) is 0 Å². The monoisotopic (exact) mass is 370 g/mol. The molecule has 26 heavy (non-hydrogen) atoms. The van der Waals surface area contributed by atoms with E-state index in [1.165, 1.54) is 22.2 Å². The lowest BCUT2D eigenvalue weighted by Crippen LogP contribution is -2.49. The van der Waals surface area contributed by atoms with E-state index in [0.717, 1.165) is 25.2 Å². The molecule has 0 bridgehead atoms. The van der Waals surface area contributed by atoms with Crippen molar-refractivity contribution in [2.45, 2.75) is 25.4 Å². The van der Waals surface area contributed by atoms with Gasteiger partial charge in [0.1, 0.15) is 17.1 Å². The lowest BCUT2D eigenvalue weighted by atomic mass is 10.1. The van der Waals surface area contributed by atoms with Gasteiger partial charge in [-0.15, -0.1) is 11.3 Å². The standard InChI is InChI=1S/C17H18N6O2S/c24-15(10-23-11-20-13-3-7-26-16(13)17(23)25)21-12-2-1-6-22(9-12)14-8-18-4-5-19-14/h3-5,7-8,11-12H,1-2,6,9-10H2,(H,21,24)/t12-/m0/s1. The molecular weight excluding hydrogens is 352 g/mol. The van der Waals surface area contributed by atoms with Gasteiger partial charge in [0.2, 0.25) is 5.91 Å². The smallest absolute Gasteiger partial charge is 0.271 e. The predicted molar refractivity (Wildman–Crippen MR) is 99.3 cm³/mol. The number of carbonyl (C=O) groups excluding carboxylic acids is 1. The minimum atomic E-state index is -0.184. The zero-order chi connectivity index (χ0) is 17.9. The van der Waals surface area contributed by atoms with E-state index >= 15 is 0 Å². The summed E-state index contributed by atoms with van der Waals surface area (Å²) >= 11 is 1.34. The third-order valence-corrected chi connectivity index (χ3v) is 5.30. The third kappa shape index (κ3) is 3.43. The number of hydrogen-bond acceptors (Lipinski definition) is 7. The number of carbonyl (C=O) groups is 1. The van der Waals surface area contributed by atoms with Crippen LogP contribution in [-0.2, 0) is 11.3 Å². The normalized spacial score (nSPS) is 17.4. The van der Waals surface area contributed by atoms with E-state index in [0.29, 0.717) is 16.8 Å². The average Bonchev–Trinajstić information content (AvgIpc) is 3.15. The van der Waals surface area contributed by atoms with Crippen LogP contribution in [0, 0.1) is 0 Å². The maximum absolute atomic E-state index is 12.4. The van der Waals surface area contributed by atoms with Gasteiger partial charge in [0.25, 0.3) is 5.56 Å². The number of rotatable bonds is 4. The quantitative estimate of drug-likeness (QED) is 0.737. The van der Waals surface area contributed by atoms with E-state index in [-0.39, 0.29) is 24.1 Å². The Labute approximate surface area is 153 Å². The molecule has 0 spiro atoms. The molecular formula is C17H18N6O2S. The number of aromatic nitrogens is 4. The van der Waals surface area contributed by atoms with Crippen molar-refractivity contribution in [1.29, 1.82) is 0 Å². The molecule has 4 heterocycles. The van der Waals surface area contributed by atoms with Gasteiger partial charge in [0.15, 0.2) is 0 Å². The number of amides is 1. The van der Waals surface area contributed by atoms with Crippen LogP contribution in [0.5, 0.6) is 0 Å². The first-order valence-electron chi connectivity index (χ1n) is 8.43. The molecule has 0 saturated carbocycles. The van der Waals surface area contributed by atoms with Crippen molar-refractivity contribution in [3.05, 3.63) is 46.7 Å². The molecule has 9 heteroatoms. The summed E-state index contributed by atoms with van der Waals surface area (Å²) in [6.45, 7) is 1.55. The van der Waals surface area contributed by atoms with Crippen molar-refractivity contribution in [1.82, 2.24) is 24.8 Å². The molecule has 8 nitrogen and oxygen atoms in total. The largest absolute Gasteiger partial charge is 0.353 e. The summed E-state index contributed by atoms with van der Waals surface area (Å²) in [7, 11) is 0. The number of fused-ring (bicyclic) bond motifs is 1. The molecule has 1 fully saturated rings. The zero-order valence-corrected chi connectivity index (χ0v) is 14.9. The zero-order valence-electron chi connectivity index (χ0n) is 14.0. The van der Waals surface area contributed by atoms with Crippen LogP contribution >= 0.6 is 11.3 Å². The lowest BCUT2D eigenvalue weighted by molar-refractivity contribution is -0.122. The summed E-state index contributed by atoms with van der Waals surface area (Å²) in [6, 6.07) is 1.82. The summed E-state index contributed by atoms with van der Waals surface area (Å²) in [5, 5.41) is 4.85. The fraction of sp³-hybridized carbons (Fsp3) is 0.353. The Kier molecular flexibility index (Phi) is 4.61. The topological polar surface area (TPSA) is 93.0 Å². The highest BCUT2D eigenvalue weighted by Crippen LogP contribution is 2.16. The Morgan fingerprint density at radius 1 is 1.35 bits per heavy atom. The molecule has 1 amide bonds. The highest BCUT2D eigenvalue weighted by atomic mass is 32.1. The van der Waals surface area contributed by atoms with E-state index in [9.17, 15) is 9.59 Å². The fourth-order valence-electron chi connectivity index (χ4n) is 3.18. The third-order valence-electron chi connectivity index (χ3n) is 4.41. The molecule has 4 rings (SSSR count). The maximum Gasteiger partial charge on any atom is 0.271 e. The molecule has 0 aliphatic carbocycles. The van der Waals surface area contributed by atoms with Crippen molar-refractivity contribution in [2.75, 3.05) is 18.0 Å². The molecule has 3 aromatic rings. The Morgan fingerprint density at radius 3 is 3.12 bits per heavy atom. The van der Waals surface area contributed by atoms with Gasteiger partial charge in [-0.25, -0.2) is 9.97 Å². The molecule has 0 radical (unpaired) electrons. The van der Waals surface area contributed by atoms with Gasteiger partial charge in [-0.3, -0.25) is 19.1 Å². The van der Waals surface area contributed by atoms with Crippen LogP contribution in [0.4, 0.5) is 5.82 Å². The van der Waals surface area contributed by atoms with E-state index < -0.39 is 0 Å². The van der Waals surface area contributed by atoms with Crippen LogP contribution in [-0.4, -0.2) is 44.6 Å². The van der Waals surface area contributed by atoms with Crippen molar-refractivity contribution in [3.8, 4) is 0 Å². The van der Waals surface area contributed by atoms with Crippen LogP contribution in [0.15, 0.2) is 41.2 Å². The molecule has 3 aromatic heterocycles. The first-order valence-corrected chi connectivity index (χ1v) is 9.31. The molecule has 1 aliphatic rings. The Hall–Kier alpha value is -2.81. The van der Waals surface area contributed by atoms with Crippen molar-refractivity contribution in [2.24, 2.45) is 0 Å². The summed E-state index contributed by atoms with van der Waals surface area (Å²) in [6.07, 6.45) is 8.33. The second-order valence-electron chi connectivity index (χ2n) is 6.23. The summed E-state index contributed by atoms with van der Waals surface area (Å²) < 4.78 is 1.93. The SMILES string of the molecule is O=C(Cn1cnc2ccsc2c1=O)N[C@H]1CCCN(c2cnccn2)C1. The number of hydrogen-bond donors (Lipinski definition) is 1. The highest BCUT2D eigenvalue weighted by molar-refractivity contribution is 7.17. The minimum absolute atomic E-state index is 0.0207. The number of nitrogens with zero attached hydrogens (tertiary/aromatic N) is 5. The second kappa shape index (κ2) is 7.20. The predicted octanol–water partition coefficient (Wildman–Crippen LogP) is 1.03. The molecule has 1 N–H and O–H groups in total. The fourth-order valence-corrected chi connectivity index (χ4v) is 3.97. The van der Waals surface area contributed by atoms with Crippen molar-refractivity contribution >= 4 is 33.3 Å². The molecule has 1 aliphatic heterocycles. The summed E-state index contributed by atoms with van der Waals surface area (Å²) in [5.41, 5.74) is 0.494. The van der Waals surface area contributed by atoms with Gasteiger partial charge in [-0.1, -0.05) is 0 Å². The number of piperidine rings is 1. The Morgan fingerprint density at radius 2 is 2.27 bits per heavy atom. The number of thiophene rings is 1. The van der Waals surface area contributed by atoms with E-state index in [1.54, 1.807) is 24.7 Å². The maximum atomic E-state index is 12.4. The lowest BCUT2D eigenvalue weighted by Gasteiger charge is -2.33. The number of anilines is 1. The summed E-state index contributed by atoms with van der Waals surface area (Å²) in [5.74, 6) is 0.630. The van der Waals surface area contributed by atoms with Gasteiger partial charge >= 0.3 is 0 Å². The average molecular weight is 370 g/mol.